The molecule has 1 aromatic heterocycles. The van der Waals surface area contributed by atoms with Gasteiger partial charge in [-0.1, -0.05) is 40.2 Å². The molecule has 3 nitrogen and oxygen atoms in total. The summed E-state index contributed by atoms with van der Waals surface area (Å²) in [6.45, 7) is 1.94. The van der Waals surface area contributed by atoms with E-state index in [0.29, 0.717) is 5.75 Å². The topological polar surface area (TPSA) is 48.1 Å². The molecule has 3 rings (SSSR count). The molecule has 0 spiro atoms. The highest BCUT2D eigenvalue weighted by atomic mass is 79.9. The minimum Gasteiger partial charge on any atom is -0.455 e. The molecule has 21 heavy (non-hydrogen) atoms. The molecule has 0 aliphatic rings. The van der Waals surface area contributed by atoms with Crippen LogP contribution in [0.15, 0.2) is 59.2 Å². The van der Waals surface area contributed by atoms with Crippen LogP contribution in [-0.2, 0) is 0 Å². The molecular weight excluding hydrogens is 328 g/mol. The van der Waals surface area contributed by atoms with Gasteiger partial charge in [0.1, 0.15) is 11.5 Å². The minimum atomic E-state index is -0.0958. The van der Waals surface area contributed by atoms with Crippen LogP contribution in [0.1, 0.15) is 18.5 Å². The van der Waals surface area contributed by atoms with Crippen molar-refractivity contribution < 1.29 is 4.74 Å². The monoisotopic (exact) mass is 342 g/mol. The summed E-state index contributed by atoms with van der Waals surface area (Å²) in [5.41, 5.74) is 7.91. The van der Waals surface area contributed by atoms with Crippen LogP contribution in [0.3, 0.4) is 0 Å². The molecule has 4 heteroatoms. The second-order valence-corrected chi connectivity index (χ2v) is 5.85. The molecule has 1 unspecified atom stereocenters. The van der Waals surface area contributed by atoms with Gasteiger partial charge in [0.25, 0.3) is 0 Å². The summed E-state index contributed by atoms with van der Waals surface area (Å²) in [6, 6.07) is 15.7. The van der Waals surface area contributed by atoms with E-state index in [9.17, 15) is 0 Å². The third-order valence-electron chi connectivity index (χ3n) is 3.26. The molecular formula is C17H15BrN2O. The van der Waals surface area contributed by atoms with E-state index in [1.807, 2.05) is 55.5 Å². The van der Waals surface area contributed by atoms with E-state index in [1.165, 1.54) is 0 Å². The summed E-state index contributed by atoms with van der Waals surface area (Å²) < 4.78 is 6.94. The minimum absolute atomic E-state index is 0.0958. The number of fused-ring (bicyclic) bond motifs is 1. The molecule has 0 amide bonds. The molecule has 0 aliphatic heterocycles. The van der Waals surface area contributed by atoms with E-state index in [-0.39, 0.29) is 6.04 Å². The zero-order valence-corrected chi connectivity index (χ0v) is 13.2. The molecule has 0 bridgehead atoms. The highest BCUT2D eigenvalue weighted by Crippen LogP contribution is 2.32. The highest BCUT2D eigenvalue weighted by Gasteiger charge is 2.10. The fourth-order valence-corrected chi connectivity index (χ4v) is 2.55. The number of halogens is 1. The van der Waals surface area contributed by atoms with Crippen LogP contribution >= 0.6 is 15.9 Å². The Morgan fingerprint density at radius 1 is 1.14 bits per heavy atom. The van der Waals surface area contributed by atoms with E-state index >= 15 is 0 Å². The third-order valence-corrected chi connectivity index (χ3v) is 3.75. The SMILES string of the molecule is CC(N)c1ccc(Br)cc1Oc1cnc2ccccc2c1. The molecule has 2 N–H and O–H groups in total. The smallest absolute Gasteiger partial charge is 0.146 e. The maximum Gasteiger partial charge on any atom is 0.146 e. The van der Waals surface area contributed by atoms with Crippen LogP contribution in [0.25, 0.3) is 10.9 Å². The highest BCUT2D eigenvalue weighted by molar-refractivity contribution is 9.10. The zero-order valence-electron chi connectivity index (χ0n) is 11.6. The molecule has 0 saturated carbocycles. The van der Waals surface area contributed by atoms with Crippen molar-refractivity contribution >= 4 is 26.8 Å². The fourth-order valence-electron chi connectivity index (χ4n) is 2.21. The lowest BCUT2D eigenvalue weighted by atomic mass is 10.1. The average Bonchev–Trinajstić information content (AvgIpc) is 2.47. The summed E-state index contributed by atoms with van der Waals surface area (Å²) in [4.78, 5) is 4.41. The summed E-state index contributed by atoms with van der Waals surface area (Å²) in [6.07, 6.45) is 1.73. The zero-order chi connectivity index (χ0) is 14.8. The Kier molecular flexibility index (Phi) is 3.90. The van der Waals surface area contributed by atoms with E-state index in [0.717, 1.165) is 26.7 Å². The standard InChI is InChI=1S/C17H15BrN2O/c1-11(19)15-7-6-13(18)9-17(15)21-14-8-12-4-2-3-5-16(12)20-10-14/h2-11H,19H2,1H3. The number of nitrogens with zero attached hydrogens (tertiary/aromatic N) is 1. The number of aromatic nitrogens is 1. The van der Waals surface area contributed by atoms with Gasteiger partial charge in [-0.15, -0.1) is 0 Å². The Morgan fingerprint density at radius 2 is 1.95 bits per heavy atom. The molecule has 2 aromatic carbocycles. The quantitative estimate of drug-likeness (QED) is 0.742. The van der Waals surface area contributed by atoms with E-state index in [2.05, 4.69) is 20.9 Å². The van der Waals surface area contributed by atoms with E-state index in [4.69, 9.17) is 10.5 Å². The number of rotatable bonds is 3. The second-order valence-electron chi connectivity index (χ2n) is 4.94. The van der Waals surface area contributed by atoms with Gasteiger partial charge in [-0.2, -0.15) is 0 Å². The Hall–Kier alpha value is -1.91. The van der Waals surface area contributed by atoms with Crippen LogP contribution in [-0.4, -0.2) is 4.98 Å². The Labute approximate surface area is 131 Å². The van der Waals surface area contributed by atoms with Crippen LogP contribution in [0.5, 0.6) is 11.5 Å². The first-order valence-corrected chi connectivity index (χ1v) is 7.50. The van der Waals surface area contributed by atoms with E-state index in [1.54, 1.807) is 6.20 Å². The molecule has 0 aliphatic carbocycles. The van der Waals surface area contributed by atoms with Gasteiger partial charge in [0.15, 0.2) is 0 Å². The van der Waals surface area contributed by atoms with Gasteiger partial charge in [0, 0.05) is 21.5 Å². The summed E-state index contributed by atoms with van der Waals surface area (Å²) in [7, 11) is 0. The number of ether oxygens (including phenoxy) is 1. The maximum absolute atomic E-state index is 6.00. The molecule has 0 saturated heterocycles. The van der Waals surface area contributed by atoms with Crippen molar-refractivity contribution in [3.8, 4) is 11.5 Å². The van der Waals surface area contributed by atoms with Crippen LogP contribution in [0.2, 0.25) is 0 Å². The largest absolute Gasteiger partial charge is 0.455 e. The summed E-state index contributed by atoms with van der Waals surface area (Å²) >= 11 is 3.46. The Bertz CT molecular complexity index is 787. The lowest BCUT2D eigenvalue weighted by molar-refractivity contribution is 0.470. The van der Waals surface area contributed by atoms with E-state index < -0.39 is 0 Å². The molecule has 3 aromatic rings. The number of pyridine rings is 1. The molecule has 106 valence electrons. The number of hydrogen-bond donors (Lipinski definition) is 1. The van der Waals surface area contributed by atoms with Crippen molar-refractivity contribution in [2.24, 2.45) is 5.73 Å². The van der Waals surface area contributed by atoms with Gasteiger partial charge in [-0.25, -0.2) is 0 Å². The van der Waals surface area contributed by atoms with Crippen molar-refractivity contribution in [3.63, 3.8) is 0 Å². The van der Waals surface area contributed by atoms with Crippen LogP contribution in [0, 0.1) is 0 Å². The van der Waals surface area contributed by atoms with Gasteiger partial charge in [0.05, 0.1) is 11.7 Å². The lowest BCUT2D eigenvalue weighted by Gasteiger charge is -2.14. The first kappa shape index (κ1) is 14.0. The number of hydrogen-bond acceptors (Lipinski definition) is 3. The van der Waals surface area contributed by atoms with Gasteiger partial charge in [-0.3, -0.25) is 4.98 Å². The summed E-state index contributed by atoms with van der Waals surface area (Å²) in [5, 5.41) is 1.05. The van der Waals surface area contributed by atoms with Crippen molar-refractivity contribution in [2.45, 2.75) is 13.0 Å². The fraction of sp³-hybridized carbons (Fsp3) is 0.118. The molecule has 1 heterocycles. The maximum atomic E-state index is 6.00. The predicted octanol–water partition coefficient (Wildman–Crippen LogP) is 4.81. The number of benzene rings is 2. The first-order valence-electron chi connectivity index (χ1n) is 6.71. The lowest BCUT2D eigenvalue weighted by Crippen LogP contribution is -2.06. The number of para-hydroxylation sites is 1. The second kappa shape index (κ2) is 5.84. The number of nitrogens with two attached hydrogens (primary N) is 1. The third kappa shape index (κ3) is 3.06. The van der Waals surface area contributed by atoms with Gasteiger partial charge in [-0.05, 0) is 31.2 Å². The predicted molar refractivity (Wildman–Crippen MR) is 88.6 cm³/mol. The van der Waals surface area contributed by atoms with Gasteiger partial charge < -0.3 is 10.5 Å². The van der Waals surface area contributed by atoms with Crippen molar-refractivity contribution in [2.75, 3.05) is 0 Å². The first-order chi connectivity index (χ1) is 10.1. The van der Waals surface area contributed by atoms with Gasteiger partial charge in [0.2, 0.25) is 0 Å². The van der Waals surface area contributed by atoms with Crippen molar-refractivity contribution in [1.82, 2.24) is 4.98 Å². The average molecular weight is 343 g/mol. The van der Waals surface area contributed by atoms with Gasteiger partial charge >= 0.3 is 0 Å². The van der Waals surface area contributed by atoms with Crippen LogP contribution < -0.4 is 10.5 Å². The Balaban J connectivity index is 2.00. The van der Waals surface area contributed by atoms with Crippen LogP contribution in [0.4, 0.5) is 0 Å². The normalized spacial score (nSPS) is 12.3. The van der Waals surface area contributed by atoms with Crippen molar-refractivity contribution in [1.29, 1.82) is 0 Å². The summed E-state index contributed by atoms with van der Waals surface area (Å²) in [5.74, 6) is 1.45. The molecule has 0 radical (unpaired) electrons. The Morgan fingerprint density at radius 3 is 2.76 bits per heavy atom. The molecule has 1 atom stereocenters. The van der Waals surface area contributed by atoms with Crippen molar-refractivity contribution in [3.05, 3.63) is 64.8 Å². The molecule has 0 fully saturated rings.